The van der Waals surface area contributed by atoms with Crippen molar-refractivity contribution in [2.24, 2.45) is 0 Å². The van der Waals surface area contributed by atoms with Crippen molar-refractivity contribution in [1.29, 1.82) is 0 Å². The molecule has 8 atom stereocenters. The molecule has 0 nitrogen and oxygen atoms in total. The smallest absolute Gasteiger partial charge is 0.0284 e. The third-order valence-electron chi connectivity index (χ3n) is 12.5. The van der Waals surface area contributed by atoms with Gasteiger partial charge in [0.05, 0.1) is 0 Å². The zero-order valence-electron chi connectivity index (χ0n) is 26.5. The maximum atomic E-state index is 3.61. The minimum atomic E-state index is 0.347. The highest BCUT2D eigenvalue weighted by molar-refractivity contribution is 5.66. The van der Waals surface area contributed by atoms with E-state index in [0.717, 1.165) is 0 Å². The van der Waals surface area contributed by atoms with Gasteiger partial charge < -0.3 is 0 Å². The molecule has 48 heavy (non-hydrogen) atoms. The zero-order valence-corrected chi connectivity index (χ0v) is 26.5. The van der Waals surface area contributed by atoms with E-state index >= 15 is 0 Å². The standard InChI is InChI=1S/C48H32/c1-5-17-33-29(13-1)25-26-30-14-2-6-18-34(30)42-41(33)45-37-21-9-10-22-38(37)47-43-35-19-7-3-15-31(35)27-28-32-16-4-8-20-36(32)44(43)48(47)40-24-12-11-23-39(40)46(42)45/h1-24,41-48H/t41-,42?,43-,44?,45-,46?,47-,48?/m1/s1. The van der Waals surface area contributed by atoms with E-state index in [1.165, 1.54) is 66.8 Å². The first-order chi connectivity index (χ1) is 23.9. The molecule has 0 spiro atoms. The van der Waals surface area contributed by atoms with Crippen LogP contribution < -0.4 is 0 Å². The number of hydrogen-bond donors (Lipinski definition) is 0. The summed E-state index contributed by atoms with van der Waals surface area (Å²) in [5, 5.41) is 0. The summed E-state index contributed by atoms with van der Waals surface area (Å²) in [6, 6.07) is 54.9. The van der Waals surface area contributed by atoms with E-state index in [9.17, 15) is 0 Å². The molecule has 6 aromatic rings. The molecule has 11 rings (SSSR count). The van der Waals surface area contributed by atoms with Gasteiger partial charge in [0.25, 0.3) is 0 Å². The molecule has 5 aliphatic carbocycles. The highest BCUT2D eigenvalue weighted by atomic mass is 14.6. The fourth-order valence-corrected chi connectivity index (χ4v) is 10.7. The predicted octanol–water partition coefficient (Wildman–Crippen LogP) is 10.3. The van der Waals surface area contributed by atoms with Crippen molar-refractivity contribution in [3.8, 4) is 23.7 Å². The lowest BCUT2D eigenvalue weighted by atomic mass is 9.41. The van der Waals surface area contributed by atoms with Gasteiger partial charge in [-0.25, -0.2) is 0 Å². The van der Waals surface area contributed by atoms with Gasteiger partial charge >= 0.3 is 0 Å². The summed E-state index contributed by atoms with van der Waals surface area (Å²) in [5.74, 6) is 17.3. The topological polar surface area (TPSA) is 0 Å². The molecule has 5 aliphatic rings. The minimum Gasteiger partial charge on any atom is -0.0620 e. The lowest BCUT2D eigenvalue weighted by Gasteiger charge is -2.61. The monoisotopic (exact) mass is 608 g/mol. The molecule has 0 heteroatoms. The highest BCUT2D eigenvalue weighted by Gasteiger charge is 2.61. The molecule has 2 saturated carbocycles. The van der Waals surface area contributed by atoms with Gasteiger partial charge in [0, 0.05) is 45.9 Å². The molecule has 0 saturated heterocycles. The van der Waals surface area contributed by atoms with Gasteiger partial charge in [-0.15, -0.1) is 0 Å². The molecule has 0 amide bonds. The van der Waals surface area contributed by atoms with Gasteiger partial charge in [-0.3, -0.25) is 0 Å². The molecule has 224 valence electrons. The Morgan fingerprint density at radius 2 is 0.375 bits per heavy atom. The van der Waals surface area contributed by atoms with Crippen LogP contribution in [0.25, 0.3) is 0 Å². The van der Waals surface area contributed by atoms with Crippen molar-refractivity contribution < 1.29 is 0 Å². The molecule has 0 bridgehead atoms. The number of fused-ring (bicyclic) bond motifs is 22. The van der Waals surface area contributed by atoms with Crippen LogP contribution in [0.5, 0.6) is 0 Å². The third kappa shape index (κ3) is 3.48. The van der Waals surface area contributed by atoms with E-state index in [1.54, 1.807) is 0 Å². The average Bonchev–Trinajstić information content (AvgIpc) is 3.11. The molecule has 0 N–H and O–H groups in total. The lowest BCUT2D eigenvalue weighted by Crippen LogP contribution is -2.47. The van der Waals surface area contributed by atoms with Crippen LogP contribution in [0, 0.1) is 23.7 Å². The Balaban J connectivity index is 1.21. The summed E-state index contributed by atoms with van der Waals surface area (Å²) in [4.78, 5) is 0. The van der Waals surface area contributed by atoms with E-state index in [0.29, 0.717) is 47.3 Å². The van der Waals surface area contributed by atoms with Crippen molar-refractivity contribution in [1.82, 2.24) is 0 Å². The van der Waals surface area contributed by atoms with Crippen LogP contribution in [-0.4, -0.2) is 0 Å². The quantitative estimate of drug-likeness (QED) is 0.151. The normalized spacial score (nSPS) is 27.2. The maximum absolute atomic E-state index is 3.61. The average molecular weight is 609 g/mol. The molecular formula is C48H32. The van der Waals surface area contributed by atoms with E-state index in [2.05, 4.69) is 169 Å². The summed E-state index contributed by atoms with van der Waals surface area (Å²) in [6.07, 6.45) is 0. The van der Waals surface area contributed by atoms with Crippen LogP contribution in [0.15, 0.2) is 146 Å². The Bertz CT molecular complexity index is 2100. The largest absolute Gasteiger partial charge is 0.0620 e. The van der Waals surface area contributed by atoms with Crippen molar-refractivity contribution in [3.05, 3.63) is 212 Å². The maximum Gasteiger partial charge on any atom is 0.0284 e. The molecule has 0 aliphatic heterocycles. The van der Waals surface area contributed by atoms with E-state index in [-0.39, 0.29) is 0 Å². The summed E-state index contributed by atoms with van der Waals surface area (Å²) in [5.41, 5.74) is 16.5. The minimum absolute atomic E-state index is 0.347. The fourth-order valence-electron chi connectivity index (χ4n) is 10.7. The van der Waals surface area contributed by atoms with Crippen molar-refractivity contribution in [2.75, 3.05) is 0 Å². The predicted molar refractivity (Wildman–Crippen MR) is 193 cm³/mol. The summed E-state index contributed by atoms with van der Waals surface area (Å²) in [6.45, 7) is 0. The first-order valence-electron chi connectivity index (χ1n) is 17.4. The molecule has 0 heterocycles. The van der Waals surface area contributed by atoms with Gasteiger partial charge in [0.2, 0.25) is 0 Å². The lowest BCUT2D eigenvalue weighted by molar-refractivity contribution is 0.188. The zero-order chi connectivity index (χ0) is 31.3. The van der Waals surface area contributed by atoms with Gasteiger partial charge in [0.15, 0.2) is 0 Å². The number of hydrogen-bond acceptors (Lipinski definition) is 0. The van der Waals surface area contributed by atoms with Crippen LogP contribution >= 0.6 is 0 Å². The van der Waals surface area contributed by atoms with E-state index in [4.69, 9.17) is 0 Å². The van der Waals surface area contributed by atoms with Crippen LogP contribution in [0.1, 0.15) is 114 Å². The Morgan fingerprint density at radius 1 is 0.208 bits per heavy atom. The van der Waals surface area contributed by atoms with Crippen LogP contribution in [-0.2, 0) is 0 Å². The van der Waals surface area contributed by atoms with Crippen LogP contribution in [0.4, 0.5) is 0 Å². The number of rotatable bonds is 0. The van der Waals surface area contributed by atoms with Gasteiger partial charge in [-0.2, -0.15) is 0 Å². The third-order valence-corrected chi connectivity index (χ3v) is 12.5. The molecular weight excluding hydrogens is 577 g/mol. The highest BCUT2D eigenvalue weighted by Crippen LogP contribution is 2.75. The Labute approximate surface area is 282 Å². The summed E-state index contributed by atoms with van der Waals surface area (Å²) < 4.78 is 0. The molecule has 0 radical (unpaired) electrons. The Morgan fingerprint density at radius 3 is 0.604 bits per heavy atom. The van der Waals surface area contributed by atoms with Crippen molar-refractivity contribution in [2.45, 2.75) is 47.3 Å². The van der Waals surface area contributed by atoms with Crippen molar-refractivity contribution >= 4 is 0 Å². The SMILES string of the molecule is C1#Cc2ccccc2[C@@H]2C(c3ccccc31)C1c3ccccc3C3C4c5ccccc5C#Cc5ccccc5[C@H]4[C@H]3c3ccccc3[C@@H]12. The summed E-state index contributed by atoms with van der Waals surface area (Å²) >= 11 is 0. The van der Waals surface area contributed by atoms with Crippen molar-refractivity contribution in [3.63, 3.8) is 0 Å². The van der Waals surface area contributed by atoms with Gasteiger partial charge in [-0.05, 0) is 92.4 Å². The van der Waals surface area contributed by atoms with E-state index < -0.39 is 0 Å². The summed E-state index contributed by atoms with van der Waals surface area (Å²) in [7, 11) is 0. The second-order valence-electron chi connectivity index (χ2n) is 14.3. The Hall–Kier alpha value is -5.56. The second kappa shape index (κ2) is 9.97. The first kappa shape index (κ1) is 26.5. The van der Waals surface area contributed by atoms with Gasteiger partial charge in [-0.1, -0.05) is 145 Å². The second-order valence-corrected chi connectivity index (χ2v) is 14.3. The van der Waals surface area contributed by atoms with Crippen LogP contribution in [0.2, 0.25) is 0 Å². The fraction of sp³-hybridized carbons (Fsp3) is 0.167. The molecule has 2 fully saturated rings. The molecule has 6 aromatic carbocycles. The van der Waals surface area contributed by atoms with E-state index in [1.807, 2.05) is 0 Å². The molecule has 0 aromatic heterocycles. The van der Waals surface area contributed by atoms with Crippen LogP contribution in [0.3, 0.4) is 0 Å². The molecule has 4 unspecified atom stereocenters. The van der Waals surface area contributed by atoms with Gasteiger partial charge in [0.1, 0.15) is 0 Å². The Kier molecular flexibility index (Phi) is 5.51. The first-order valence-corrected chi connectivity index (χ1v) is 17.4. The number of benzene rings is 6.